The van der Waals surface area contributed by atoms with Crippen molar-refractivity contribution in [2.24, 2.45) is 0 Å². The van der Waals surface area contributed by atoms with Crippen molar-refractivity contribution in [2.75, 3.05) is 18.4 Å². The zero-order valence-corrected chi connectivity index (χ0v) is 13.4. The van der Waals surface area contributed by atoms with E-state index in [0.29, 0.717) is 24.2 Å². The van der Waals surface area contributed by atoms with Gasteiger partial charge < -0.3 is 10.6 Å². The Bertz CT molecular complexity index is 675. The van der Waals surface area contributed by atoms with Crippen molar-refractivity contribution < 1.29 is 4.79 Å². The van der Waals surface area contributed by atoms with Crippen LogP contribution in [0.3, 0.4) is 0 Å². The van der Waals surface area contributed by atoms with Crippen LogP contribution >= 0.6 is 11.6 Å². The minimum atomic E-state index is -0.0475. The molecule has 0 bridgehead atoms. The molecular formula is C18H18ClN3O. The summed E-state index contributed by atoms with van der Waals surface area (Å²) in [5, 5.41) is 15.5. The molecule has 2 aromatic rings. The molecule has 2 rings (SSSR count). The maximum atomic E-state index is 11.8. The Morgan fingerprint density at radius 1 is 1.04 bits per heavy atom. The minimum Gasteiger partial charge on any atom is -0.326 e. The van der Waals surface area contributed by atoms with Crippen LogP contribution in [0, 0.1) is 11.3 Å². The molecule has 0 aliphatic carbocycles. The number of halogens is 1. The van der Waals surface area contributed by atoms with Crippen molar-refractivity contribution in [1.82, 2.24) is 5.32 Å². The van der Waals surface area contributed by atoms with Crippen LogP contribution < -0.4 is 10.6 Å². The summed E-state index contributed by atoms with van der Waals surface area (Å²) in [7, 11) is 0. The van der Waals surface area contributed by atoms with Gasteiger partial charge in [-0.3, -0.25) is 4.79 Å². The second-order valence-electron chi connectivity index (χ2n) is 5.11. The van der Waals surface area contributed by atoms with Crippen molar-refractivity contribution in [3.05, 3.63) is 64.7 Å². The molecule has 0 saturated carbocycles. The van der Waals surface area contributed by atoms with E-state index in [9.17, 15) is 4.79 Å². The third kappa shape index (κ3) is 6.11. The van der Waals surface area contributed by atoms with E-state index in [1.807, 2.05) is 30.3 Å². The smallest absolute Gasteiger partial charge is 0.225 e. The van der Waals surface area contributed by atoms with Gasteiger partial charge in [0, 0.05) is 23.7 Å². The number of benzene rings is 2. The van der Waals surface area contributed by atoms with Crippen molar-refractivity contribution in [3.63, 3.8) is 0 Å². The normalized spacial score (nSPS) is 10.1. The Morgan fingerprint density at radius 2 is 1.74 bits per heavy atom. The second-order valence-corrected chi connectivity index (χ2v) is 5.55. The molecule has 23 heavy (non-hydrogen) atoms. The van der Waals surface area contributed by atoms with Crippen molar-refractivity contribution in [3.8, 4) is 6.07 Å². The van der Waals surface area contributed by atoms with Crippen LogP contribution in [0.4, 0.5) is 5.69 Å². The number of hydrogen-bond donors (Lipinski definition) is 2. The van der Waals surface area contributed by atoms with E-state index in [-0.39, 0.29) is 5.91 Å². The van der Waals surface area contributed by atoms with Crippen LogP contribution in [0.15, 0.2) is 48.5 Å². The number of carbonyl (C=O) groups is 1. The lowest BCUT2D eigenvalue weighted by Crippen LogP contribution is -2.23. The van der Waals surface area contributed by atoms with Crippen molar-refractivity contribution in [2.45, 2.75) is 12.8 Å². The molecule has 0 fully saturated rings. The van der Waals surface area contributed by atoms with E-state index >= 15 is 0 Å². The van der Waals surface area contributed by atoms with Crippen LogP contribution in [0.1, 0.15) is 17.5 Å². The lowest BCUT2D eigenvalue weighted by molar-refractivity contribution is -0.116. The van der Waals surface area contributed by atoms with Gasteiger partial charge >= 0.3 is 0 Å². The first-order chi connectivity index (χ1) is 11.2. The van der Waals surface area contributed by atoms with Crippen LogP contribution in [0.25, 0.3) is 0 Å². The lowest BCUT2D eigenvalue weighted by Gasteiger charge is -2.07. The molecule has 1 amide bonds. The highest BCUT2D eigenvalue weighted by molar-refractivity contribution is 6.30. The van der Waals surface area contributed by atoms with Crippen LogP contribution in [0.5, 0.6) is 0 Å². The molecule has 0 radical (unpaired) electrons. The summed E-state index contributed by atoms with van der Waals surface area (Å²) in [6.45, 7) is 1.43. The molecule has 0 atom stereocenters. The maximum Gasteiger partial charge on any atom is 0.225 e. The highest BCUT2D eigenvalue weighted by atomic mass is 35.5. The van der Waals surface area contributed by atoms with Gasteiger partial charge in [0.25, 0.3) is 0 Å². The largest absolute Gasteiger partial charge is 0.326 e. The third-order valence-electron chi connectivity index (χ3n) is 3.33. The van der Waals surface area contributed by atoms with Crippen LogP contribution in [0.2, 0.25) is 5.02 Å². The number of anilines is 1. The van der Waals surface area contributed by atoms with Gasteiger partial charge in [-0.25, -0.2) is 0 Å². The molecule has 0 heterocycles. The monoisotopic (exact) mass is 327 g/mol. The SMILES string of the molecule is N#Cc1ccc(NC(=O)CCNCCc2ccc(Cl)cc2)cc1. The van der Waals surface area contributed by atoms with Crippen molar-refractivity contribution in [1.29, 1.82) is 5.26 Å². The first-order valence-electron chi connectivity index (χ1n) is 7.42. The lowest BCUT2D eigenvalue weighted by atomic mass is 10.1. The molecule has 0 saturated heterocycles. The summed E-state index contributed by atoms with van der Waals surface area (Å²) in [4.78, 5) is 11.8. The fourth-order valence-corrected chi connectivity index (χ4v) is 2.19. The molecular weight excluding hydrogens is 310 g/mol. The minimum absolute atomic E-state index is 0.0475. The fourth-order valence-electron chi connectivity index (χ4n) is 2.06. The molecule has 2 aromatic carbocycles. The summed E-state index contributed by atoms with van der Waals surface area (Å²) in [6, 6.07) is 16.6. The Kier molecular flexibility index (Phi) is 6.61. The molecule has 0 aliphatic heterocycles. The Morgan fingerprint density at radius 3 is 2.39 bits per heavy atom. The number of amides is 1. The van der Waals surface area contributed by atoms with E-state index < -0.39 is 0 Å². The fraction of sp³-hybridized carbons (Fsp3) is 0.222. The van der Waals surface area contributed by atoms with Gasteiger partial charge in [0.2, 0.25) is 5.91 Å². The van der Waals surface area contributed by atoms with Gasteiger partial charge in [-0.15, -0.1) is 0 Å². The quantitative estimate of drug-likeness (QED) is 0.766. The van der Waals surface area contributed by atoms with Gasteiger partial charge in [-0.1, -0.05) is 23.7 Å². The summed E-state index contributed by atoms with van der Waals surface area (Å²) in [5.41, 5.74) is 2.49. The molecule has 118 valence electrons. The van der Waals surface area contributed by atoms with E-state index in [0.717, 1.165) is 18.0 Å². The van der Waals surface area contributed by atoms with E-state index in [1.54, 1.807) is 24.3 Å². The van der Waals surface area contributed by atoms with E-state index in [1.165, 1.54) is 5.56 Å². The molecule has 0 unspecified atom stereocenters. The number of carbonyl (C=O) groups excluding carboxylic acids is 1. The average Bonchev–Trinajstić information content (AvgIpc) is 2.57. The Labute approximate surface area is 141 Å². The predicted octanol–water partition coefficient (Wildman–Crippen LogP) is 3.37. The second kappa shape index (κ2) is 8.94. The maximum absolute atomic E-state index is 11.8. The summed E-state index contributed by atoms with van der Waals surface area (Å²) in [6.07, 6.45) is 1.30. The van der Waals surface area contributed by atoms with Crippen molar-refractivity contribution >= 4 is 23.2 Å². The van der Waals surface area contributed by atoms with Gasteiger partial charge in [0.15, 0.2) is 0 Å². The molecule has 2 N–H and O–H groups in total. The van der Waals surface area contributed by atoms with E-state index in [4.69, 9.17) is 16.9 Å². The first-order valence-corrected chi connectivity index (χ1v) is 7.80. The summed E-state index contributed by atoms with van der Waals surface area (Å²) < 4.78 is 0. The molecule has 0 aromatic heterocycles. The zero-order valence-electron chi connectivity index (χ0n) is 12.7. The van der Waals surface area contributed by atoms with Gasteiger partial charge in [0.05, 0.1) is 11.6 Å². The molecule has 0 spiro atoms. The zero-order chi connectivity index (χ0) is 16.5. The number of nitriles is 1. The standard InChI is InChI=1S/C18H18ClN3O/c19-16-5-1-14(2-6-16)9-11-21-12-10-18(23)22-17-7-3-15(13-20)4-8-17/h1-8,21H,9-12H2,(H,22,23). The highest BCUT2D eigenvalue weighted by Crippen LogP contribution is 2.10. The van der Waals surface area contributed by atoms with Gasteiger partial charge in [-0.05, 0) is 54.9 Å². The first kappa shape index (κ1) is 17.0. The van der Waals surface area contributed by atoms with E-state index in [2.05, 4.69) is 10.6 Å². The van der Waals surface area contributed by atoms with Crippen LogP contribution in [-0.4, -0.2) is 19.0 Å². The summed E-state index contributed by atoms with van der Waals surface area (Å²) in [5.74, 6) is -0.0475. The third-order valence-corrected chi connectivity index (χ3v) is 3.58. The Hall–Kier alpha value is -2.35. The van der Waals surface area contributed by atoms with Crippen LogP contribution in [-0.2, 0) is 11.2 Å². The predicted molar refractivity (Wildman–Crippen MR) is 92.4 cm³/mol. The number of hydrogen-bond acceptors (Lipinski definition) is 3. The topological polar surface area (TPSA) is 64.9 Å². The number of rotatable bonds is 7. The molecule has 0 aliphatic rings. The summed E-state index contributed by atoms with van der Waals surface area (Å²) >= 11 is 5.84. The average molecular weight is 328 g/mol. The highest BCUT2D eigenvalue weighted by Gasteiger charge is 2.02. The Balaban J connectivity index is 1.62. The van der Waals surface area contributed by atoms with Gasteiger partial charge in [-0.2, -0.15) is 5.26 Å². The number of nitrogens with zero attached hydrogens (tertiary/aromatic N) is 1. The molecule has 4 nitrogen and oxygen atoms in total. The van der Waals surface area contributed by atoms with Gasteiger partial charge in [0.1, 0.15) is 0 Å². The molecule has 5 heteroatoms. The number of nitrogens with one attached hydrogen (secondary N) is 2.